The van der Waals surface area contributed by atoms with Gasteiger partial charge in [0, 0.05) is 31.5 Å². The molecule has 1 amide bonds. The summed E-state index contributed by atoms with van der Waals surface area (Å²) in [5.74, 6) is 0.346. The molecule has 122 valence electrons. The number of amides is 1. The number of para-hydroxylation sites is 1. The van der Waals surface area contributed by atoms with Crippen LogP contribution in [0.1, 0.15) is 17.4 Å². The molecule has 0 bridgehead atoms. The lowest BCUT2D eigenvalue weighted by Crippen LogP contribution is -2.31. The Morgan fingerprint density at radius 1 is 1.17 bits per heavy atom. The number of rotatable bonds is 7. The average molecular weight is 313 g/mol. The van der Waals surface area contributed by atoms with Gasteiger partial charge in [-0.05, 0) is 39.2 Å². The molecule has 0 fully saturated rings. The number of anilines is 2. The first kappa shape index (κ1) is 16.9. The van der Waals surface area contributed by atoms with Crippen LogP contribution in [0.2, 0.25) is 0 Å². The summed E-state index contributed by atoms with van der Waals surface area (Å²) < 4.78 is 0. The fourth-order valence-corrected chi connectivity index (χ4v) is 2.14. The van der Waals surface area contributed by atoms with E-state index in [2.05, 4.69) is 20.2 Å². The van der Waals surface area contributed by atoms with Gasteiger partial charge in [0.2, 0.25) is 5.95 Å². The van der Waals surface area contributed by atoms with Crippen LogP contribution in [0.3, 0.4) is 0 Å². The normalized spacial score (nSPS) is 10.6. The predicted molar refractivity (Wildman–Crippen MR) is 92.9 cm³/mol. The van der Waals surface area contributed by atoms with Crippen LogP contribution in [0.4, 0.5) is 11.6 Å². The molecule has 1 aromatic carbocycles. The molecular weight excluding hydrogens is 290 g/mol. The number of aromatic nitrogens is 2. The van der Waals surface area contributed by atoms with Crippen molar-refractivity contribution in [2.24, 2.45) is 0 Å². The van der Waals surface area contributed by atoms with Crippen molar-refractivity contribution in [1.82, 2.24) is 14.9 Å². The molecule has 0 aliphatic rings. The summed E-state index contributed by atoms with van der Waals surface area (Å²) in [5.41, 5.74) is 1.25. The second kappa shape index (κ2) is 8.24. The van der Waals surface area contributed by atoms with Crippen molar-refractivity contribution >= 4 is 17.5 Å². The molecule has 0 unspecified atom stereocenters. The Kier molecular flexibility index (Phi) is 6.05. The number of hydrogen-bond acceptors (Lipinski definition) is 5. The Morgan fingerprint density at radius 2 is 1.91 bits per heavy atom. The minimum atomic E-state index is -0.128. The van der Waals surface area contributed by atoms with E-state index in [9.17, 15) is 4.79 Å². The first-order valence-electron chi connectivity index (χ1n) is 7.70. The molecule has 0 aliphatic carbocycles. The lowest BCUT2D eigenvalue weighted by molar-refractivity contribution is 0.0983. The van der Waals surface area contributed by atoms with Gasteiger partial charge in [-0.3, -0.25) is 4.79 Å². The molecule has 0 radical (unpaired) electrons. The van der Waals surface area contributed by atoms with Gasteiger partial charge >= 0.3 is 0 Å². The summed E-state index contributed by atoms with van der Waals surface area (Å²) in [5, 5.41) is 3.13. The minimum absolute atomic E-state index is 0.128. The highest BCUT2D eigenvalue weighted by atomic mass is 16.2. The van der Waals surface area contributed by atoms with E-state index >= 15 is 0 Å². The molecule has 1 N–H and O–H groups in total. The number of carbonyl (C=O) groups is 1. The van der Waals surface area contributed by atoms with E-state index in [4.69, 9.17) is 0 Å². The smallest absolute Gasteiger partial charge is 0.277 e. The topological polar surface area (TPSA) is 61.4 Å². The second-order valence-electron chi connectivity index (χ2n) is 5.38. The van der Waals surface area contributed by atoms with Gasteiger partial charge in [0.1, 0.15) is 5.69 Å². The zero-order valence-electron chi connectivity index (χ0n) is 13.9. The SMILES string of the molecule is CCN(C(=O)c1ccnc(NCCN(C)C)n1)c1ccccc1. The van der Waals surface area contributed by atoms with Gasteiger partial charge < -0.3 is 15.1 Å². The molecule has 2 aromatic rings. The fourth-order valence-electron chi connectivity index (χ4n) is 2.14. The molecule has 0 saturated heterocycles. The first-order chi connectivity index (χ1) is 11.1. The van der Waals surface area contributed by atoms with Crippen LogP contribution >= 0.6 is 0 Å². The molecule has 6 nitrogen and oxygen atoms in total. The molecule has 0 saturated carbocycles. The van der Waals surface area contributed by atoms with E-state index < -0.39 is 0 Å². The summed E-state index contributed by atoms with van der Waals surface area (Å²) in [4.78, 5) is 25.0. The van der Waals surface area contributed by atoms with Crippen LogP contribution in [0.25, 0.3) is 0 Å². The minimum Gasteiger partial charge on any atom is -0.353 e. The highest BCUT2D eigenvalue weighted by Crippen LogP contribution is 2.16. The molecule has 2 rings (SSSR count). The van der Waals surface area contributed by atoms with Crippen LogP contribution in [-0.4, -0.2) is 54.5 Å². The van der Waals surface area contributed by atoms with Gasteiger partial charge in [0.05, 0.1) is 0 Å². The summed E-state index contributed by atoms with van der Waals surface area (Å²) >= 11 is 0. The number of nitrogens with one attached hydrogen (secondary N) is 1. The number of hydrogen-bond donors (Lipinski definition) is 1. The van der Waals surface area contributed by atoms with E-state index in [1.165, 1.54) is 0 Å². The van der Waals surface area contributed by atoms with Crippen molar-refractivity contribution in [2.45, 2.75) is 6.92 Å². The highest BCUT2D eigenvalue weighted by Gasteiger charge is 2.17. The molecule has 6 heteroatoms. The zero-order chi connectivity index (χ0) is 16.7. The van der Waals surface area contributed by atoms with E-state index in [-0.39, 0.29) is 5.91 Å². The molecule has 1 heterocycles. The maximum absolute atomic E-state index is 12.7. The van der Waals surface area contributed by atoms with Gasteiger partial charge in [-0.1, -0.05) is 18.2 Å². The molecule has 0 spiro atoms. The number of benzene rings is 1. The third kappa shape index (κ3) is 4.75. The number of likely N-dealkylation sites (N-methyl/N-ethyl adjacent to an activating group) is 1. The predicted octanol–water partition coefficient (Wildman–Crippen LogP) is 2.12. The van der Waals surface area contributed by atoms with Crippen molar-refractivity contribution in [1.29, 1.82) is 0 Å². The van der Waals surface area contributed by atoms with E-state index in [0.29, 0.717) is 18.2 Å². The third-order valence-corrected chi connectivity index (χ3v) is 3.35. The zero-order valence-corrected chi connectivity index (χ0v) is 13.9. The molecular formula is C17H23N5O. The van der Waals surface area contributed by atoms with Crippen LogP contribution in [0.15, 0.2) is 42.6 Å². The lowest BCUT2D eigenvalue weighted by atomic mass is 10.2. The largest absolute Gasteiger partial charge is 0.353 e. The maximum Gasteiger partial charge on any atom is 0.277 e. The monoisotopic (exact) mass is 313 g/mol. The summed E-state index contributed by atoms with van der Waals surface area (Å²) in [6, 6.07) is 11.2. The quantitative estimate of drug-likeness (QED) is 0.848. The second-order valence-corrected chi connectivity index (χ2v) is 5.38. The van der Waals surface area contributed by atoms with Crippen LogP contribution in [-0.2, 0) is 0 Å². The van der Waals surface area contributed by atoms with E-state index in [0.717, 1.165) is 18.8 Å². The molecule has 0 atom stereocenters. The summed E-state index contributed by atoms with van der Waals surface area (Å²) in [7, 11) is 4.00. The Hall–Kier alpha value is -2.47. The molecule has 0 aliphatic heterocycles. The van der Waals surface area contributed by atoms with Crippen molar-refractivity contribution in [3.05, 3.63) is 48.3 Å². The average Bonchev–Trinajstić information content (AvgIpc) is 2.56. The highest BCUT2D eigenvalue weighted by molar-refractivity contribution is 6.04. The lowest BCUT2D eigenvalue weighted by Gasteiger charge is -2.20. The third-order valence-electron chi connectivity index (χ3n) is 3.35. The Morgan fingerprint density at radius 3 is 2.57 bits per heavy atom. The fraction of sp³-hybridized carbons (Fsp3) is 0.353. The van der Waals surface area contributed by atoms with Gasteiger partial charge in [-0.2, -0.15) is 0 Å². The van der Waals surface area contributed by atoms with Crippen LogP contribution < -0.4 is 10.2 Å². The van der Waals surface area contributed by atoms with Gasteiger partial charge in [0.15, 0.2) is 0 Å². The Bertz CT molecular complexity index is 630. The maximum atomic E-state index is 12.7. The van der Waals surface area contributed by atoms with Crippen molar-refractivity contribution in [2.75, 3.05) is 43.9 Å². The van der Waals surface area contributed by atoms with Crippen molar-refractivity contribution in [3.8, 4) is 0 Å². The number of carbonyl (C=O) groups excluding carboxylic acids is 1. The number of nitrogens with zero attached hydrogens (tertiary/aromatic N) is 4. The van der Waals surface area contributed by atoms with Gasteiger partial charge in [-0.25, -0.2) is 9.97 Å². The van der Waals surface area contributed by atoms with Crippen LogP contribution in [0, 0.1) is 0 Å². The molecule has 1 aromatic heterocycles. The molecule has 23 heavy (non-hydrogen) atoms. The van der Waals surface area contributed by atoms with Crippen molar-refractivity contribution < 1.29 is 4.79 Å². The summed E-state index contributed by atoms with van der Waals surface area (Å²) in [6.45, 7) is 4.12. The first-order valence-corrected chi connectivity index (χ1v) is 7.70. The Balaban J connectivity index is 2.12. The standard InChI is InChI=1S/C17H23N5O/c1-4-22(14-8-6-5-7-9-14)16(23)15-10-11-18-17(20-15)19-12-13-21(2)3/h5-11H,4,12-13H2,1-3H3,(H,18,19,20). The Labute approximate surface area is 137 Å². The van der Waals surface area contributed by atoms with Crippen molar-refractivity contribution in [3.63, 3.8) is 0 Å². The van der Waals surface area contributed by atoms with E-state index in [1.807, 2.05) is 51.4 Å². The van der Waals surface area contributed by atoms with Gasteiger partial charge in [-0.15, -0.1) is 0 Å². The summed E-state index contributed by atoms with van der Waals surface area (Å²) in [6.07, 6.45) is 1.61. The van der Waals surface area contributed by atoms with E-state index in [1.54, 1.807) is 17.2 Å². The van der Waals surface area contributed by atoms with Crippen LogP contribution in [0.5, 0.6) is 0 Å². The van der Waals surface area contributed by atoms with Gasteiger partial charge in [0.25, 0.3) is 5.91 Å².